The van der Waals surface area contributed by atoms with Crippen molar-refractivity contribution in [3.8, 4) is 0 Å². The molecule has 0 spiro atoms. The van der Waals surface area contributed by atoms with E-state index in [0.29, 0.717) is 11.4 Å². The van der Waals surface area contributed by atoms with Crippen LogP contribution in [0.4, 0.5) is 11.4 Å². The Morgan fingerprint density at radius 3 is 2.67 bits per heavy atom. The van der Waals surface area contributed by atoms with E-state index in [1.54, 1.807) is 31.1 Å². The molecule has 8 nitrogen and oxygen atoms in total. The van der Waals surface area contributed by atoms with Crippen molar-refractivity contribution >= 4 is 22.1 Å². The van der Waals surface area contributed by atoms with E-state index >= 15 is 0 Å². The lowest BCUT2D eigenvalue weighted by atomic mass is 10.0. The smallest absolute Gasteiger partial charge is 0.278 e. The summed E-state index contributed by atoms with van der Waals surface area (Å²) >= 11 is 0. The average molecular weight is 324 g/mol. The van der Waals surface area contributed by atoms with Gasteiger partial charge in [-0.2, -0.15) is 5.10 Å². The maximum atomic E-state index is 11.2. The van der Waals surface area contributed by atoms with Crippen molar-refractivity contribution in [2.24, 2.45) is 0 Å². The average Bonchev–Trinajstić information content (AvgIpc) is 3.15. The number of nitro groups is 1. The van der Waals surface area contributed by atoms with Crippen molar-refractivity contribution in [3.63, 3.8) is 0 Å². The maximum absolute atomic E-state index is 11.2. The van der Waals surface area contributed by atoms with E-state index in [2.05, 4.69) is 20.0 Å². The number of aromatic nitrogens is 4. The zero-order valence-electron chi connectivity index (χ0n) is 12.9. The zero-order chi connectivity index (χ0) is 16.5. The molecule has 0 atom stereocenters. The summed E-state index contributed by atoms with van der Waals surface area (Å²) < 4.78 is 1.91. The summed E-state index contributed by atoms with van der Waals surface area (Å²) in [4.78, 5) is 21.2. The first-order chi connectivity index (χ1) is 11.7. The Kier molecular flexibility index (Phi) is 3.56. The maximum Gasteiger partial charge on any atom is 0.278 e. The van der Waals surface area contributed by atoms with Crippen LogP contribution >= 0.6 is 0 Å². The van der Waals surface area contributed by atoms with Gasteiger partial charge < -0.3 is 4.90 Å². The SMILES string of the molecule is O=[N+]([O-])c1ccc(N2CCC(n3cncn3)CC2)c2ccncc12. The molecular formula is C16H16N6O2. The van der Waals surface area contributed by atoms with Gasteiger partial charge in [0.25, 0.3) is 5.69 Å². The summed E-state index contributed by atoms with van der Waals surface area (Å²) in [5, 5.41) is 16.9. The fraction of sp³-hybridized carbons (Fsp3) is 0.312. The third-order valence-corrected chi connectivity index (χ3v) is 4.58. The van der Waals surface area contributed by atoms with Gasteiger partial charge in [-0.1, -0.05) is 0 Å². The van der Waals surface area contributed by atoms with Crippen molar-refractivity contribution in [2.45, 2.75) is 18.9 Å². The molecule has 1 saturated heterocycles. The number of piperidine rings is 1. The zero-order valence-corrected chi connectivity index (χ0v) is 12.9. The molecule has 0 aliphatic carbocycles. The molecule has 1 aromatic carbocycles. The van der Waals surface area contributed by atoms with Crippen LogP contribution in [-0.4, -0.2) is 37.8 Å². The van der Waals surface area contributed by atoms with Crippen LogP contribution in [-0.2, 0) is 0 Å². The number of anilines is 1. The largest absolute Gasteiger partial charge is 0.371 e. The van der Waals surface area contributed by atoms with Crippen molar-refractivity contribution < 1.29 is 4.92 Å². The van der Waals surface area contributed by atoms with Crippen molar-refractivity contribution in [3.05, 3.63) is 53.4 Å². The van der Waals surface area contributed by atoms with Crippen LogP contribution in [0.15, 0.2) is 43.2 Å². The molecule has 0 unspecified atom stereocenters. The predicted molar refractivity (Wildman–Crippen MR) is 88.9 cm³/mol. The first-order valence-corrected chi connectivity index (χ1v) is 7.84. The highest BCUT2D eigenvalue weighted by atomic mass is 16.6. The van der Waals surface area contributed by atoms with E-state index in [1.807, 2.05) is 16.8 Å². The Morgan fingerprint density at radius 2 is 1.96 bits per heavy atom. The predicted octanol–water partition coefficient (Wildman–Crippen LogP) is 2.58. The van der Waals surface area contributed by atoms with Crippen LogP contribution in [0.2, 0.25) is 0 Å². The van der Waals surface area contributed by atoms with Crippen LogP contribution in [0.1, 0.15) is 18.9 Å². The van der Waals surface area contributed by atoms with Crippen molar-refractivity contribution in [2.75, 3.05) is 18.0 Å². The second-order valence-electron chi connectivity index (χ2n) is 5.88. The molecule has 0 saturated carbocycles. The Bertz CT molecular complexity index is 871. The number of rotatable bonds is 3. The first kappa shape index (κ1) is 14.6. The minimum absolute atomic E-state index is 0.0966. The third kappa shape index (κ3) is 2.45. The van der Waals surface area contributed by atoms with Crippen molar-refractivity contribution in [1.29, 1.82) is 0 Å². The van der Waals surface area contributed by atoms with E-state index < -0.39 is 0 Å². The fourth-order valence-electron chi connectivity index (χ4n) is 3.37. The summed E-state index contributed by atoms with van der Waals surface area (Å²) in [6.45, 7) is 1.75. The number of hydrogen-bond donors (Lipinski definition) is 0. The Hall–Kier alpha value is -3.03. The fourth-order valence-corrected chi connectivity index (χ4v) is 3.37. The van der Waals surface area contributed by atoms with Crippen LogP contribution < -0.4 is 4.90 Å². The molecular weight excluding hydrogens is 308 g/mol. The van der Waals surface area contributed by atoms with Crippen LogP contribution in [0, 0.1) is 10.1 Å². The summed E-state index contributed by atoms with van der Waals surface area (Å²) in [5.41, 5.74) is 1.12. The van der Waals surface area contributed by atoms with E-state index in [4.69, 9.17) is 0 Å². The quantitative estimate of drug-likeness (QED) is 0.543. The molecule has 122 valence electrons. The van der Waals surface area contributed by atoms with Gasteiger partial charge in [-0.25, -0.2) is 9.67 Å². The molecule has 0 N–H and O–H groups in total. The summed E-state index contributed by atoms with van der Waals surface area (Å²) in [5.74, 6) is 0. The number of nitrogens with zero attached hydrogens (tertiary/aromatic N) is 6. The molecule has 4 rings (SSSR count). The molecule has 0 amide bonds. The number of nitro benzene ring substituents is 1. The molecule has 24 heavy (non-hydrogen) atoms. The number of pyridine rings is 1. The van der Waals surface area contributed by atoms with E-state index in [0.717, 1.165) is 37.0 Å². The molecule has 3 heterocycles. The molecule has 0 radical (unpaired) electrons. The Labute approximate surface area is 137 Å². The number of fused-ring (bicyclic) bond motifs is 1. The van der Waals surface area contributed by atoms with Crippen LogP contribution in [0.25, 0.3) is 10.8 Å². The normalized spacial score (nSPS) is 15.8. The monoisotopic (exact) mass is 324 g/mol. The summed E-state index contributed by atoms with van der Waals surface area (Å²) in [6, 6.07) is 5.62. The van der Waals surface area contributed by atoms with Gasteiger partial charge in [-0.3, -0.25) is 15.1 Å². The van der Waals surface area contributed by atoms with E-state index in [9.17, 15) is 10.1 Å². The van der Waals surface area contributed by atoms with E-state index in [-0.39, 0.29) is 10.6 Å². The van der Waals surface area contributed by atoms with E-state index in [1.165, 1.54) is 0 Å². The highest BCUT2D eigenvalue weighted by molar-refractivity contribution is 5.99. The van der Waals surface area contributed by atoms with Gasteiger partial charge >= 0.3 is 0 Å². The van der Waals surface area contributed by atoms with Gasteiger partial charge in [-0.05, 0) is 25.0 Å². The van der Waals surface area contributed by atoms with Gasteiger partial charge in [0, 0.05) is 42.6 Å². The van der Waals surface area contributed by atoms with Gasteiger partial charge in [-0.15, -0.1) is 0 Å². The minimum atomic E-state index is -0.356. The topological polar surface area (TPSA) is 90.0 Å². The number of hydrogen-bond acceptors (Lipinski definition) is 6. The van der Waals surface area contributed by atoms with Crippen LogP contribution in [0.5, 0.6) is 0 Å². The van der Waals surface area contributed by atoms with Gasteiger partial charge in [0.2, 0.25) is 0 Å². The number of non-ortho nitro benzene ring substituents is 1. The second kappa shape index (κ2) is 5.88. The highest BCUT2D eigenvalue weighted by Crippen LogP contribution is 2.35. The molecule has 3 aromatic rings. The summed E-state index contributed by atoms with van der Waals surface area (Å²) in [7, 11) is 0. The standard InChI is InChI=1S/C16H16N6O2/c23-22(24)16-2-1-15(13-3-6-17-9-14(13)16)20-7-4-12(5-8-20)21-11-18-10-19-21/h1-3,6,9-12H,4-5,7-8H2. The highest BCUT2D eigenvalue weighted by Gasteiger charge is 2.24. The number of benzene rings is 1. The Morgan fingerprint density at radius 1 is 1.12 bits per heavy atom. The Balaban J connectivity index is 1.64. The molecule has 8 heteroatoms. The lowest BCUT2D eigenvalue weighted by molar-refractivity contribution is -0.383. The first-order valence-electron chi connectivity index (χ1n) is 7.84. The molecule has 2 aromatic heterocycles. The molecule has 0 bridgehead atoms. The molecule has 1 aliphatic rings. The minimum Gasteiger partial charge on any atom is -0.371 e. The molecule has 1 aliphatic heterocycles. The second-order valence-corrected chi connectivity index (χ2v) is 5.88. The summed E-state index contributed by atoms with van der Waals surface area (Å²) in [6.07, 6.45) is 8.49. The van der Waals surface area contributed by atoms with Crippen LogP contribution in [0.3, 0.4) is 0 Å². The van der Waals surface area contributed by atoms with Gasteiger partial charge in [0.05, 0.1) is 16.4 Å². The van der Waals surface area contributed by atoms with Gasteiger partial charge in [0.15, 0.2) is 0 Å². The van der Waals surface area contributed by atoms with Gasteiger partial charge in [0.1, 0.15) is 12.7 Å². The lowest BCUT2D eigenvalue weighted by Crippen LogP contribution is -2.34. The third-order valence-electron chi connectivity index (χ3n) is 4.58. The van der Waals surface area contributed by atoms with Crippen molar-refractivity contribution in [1.82, 2.24) is 19.7 Å². The lowest BCUT2D eigenvalue weighted by Gasteiger charge is -2.34. The molecule has 1 fully saturated rings.